The summed E-state index contributed by atoms with van der Waals surface area (Å²) in [6, 6.07) is 14.7. The summed E-state index contributed by atoms with van der Waals surface area (Å²) in [5.41, 5.74) is 6.63. The number of aromatic hydroxyl groups is 1. The molecule has 2 N–H and O–H groups in total. The number of nitrogens with zero attached hydrogens (tertiary/aromatic N) is 2. The number of ether oxygens (including phenoxy) is 1. The molecule has 7 heteroatoms. The van der Waals surface area contributed by atoms with Crippen LogP contribution in [0, 0.1) is 17.4 Å². The predicted octanol–water partition coefficient (Wildman–Crippen LogP) is 4.18. The van der Waals surface area contributed by atoms with Gasteiger partial charge in [0.2, 0.25) is 0 Å². The van der Waals surface area contributed by atoms with Crippen molar-refractivity contribution in [1.82, 2.24) is 9.99 Å². The zero-order valence-corrected chi connectivity index (χ0v) is 17.9. The fraction of sp³-hybridized carbons (Fsp3) is 0.143. The van der Waals surface area contributed by atoms with Crippen LogP contribution >= 0.6 is 22.6 Å². The molecule has 0 aliphatic heterocycles. The topological polar surface area (TPSA) is 75.8 Å². The van der Waals surface area contributed by atoms with E-state index in [1.54, 1.807) is 12.3 Å². The van der Waals surface area contributed by atoms with Crippen molar-refractivity contribution in [3.8, 4) is 17.2 Å². The first-order valence-electron chi connectivity index (χ1n) is 8.56. The molecular formula is C21H20IN3O3. The van der Waals surface area contributed by atoms with Gasteiger partial charge in [0.1, 0.15) is 11.5 Å². The number of hydrogen-bond donors (Lipinski definition) is 2. The van der Waals surface area contributed by atoms with Crippen LogP contribution in [-0.4, -0.2) is 28.9 Å². The first-order valence-corrected chi connectivity index (χ1v) is 9.64. The summed E-state index contributed by atoms with van der Waals surface area (Å²) in [5, 5.41) is 14.0. The average molecular weight is 489 g/mol. The lowest BCUT2D eigenvalue weighted by atomic mass is 10.2. The van der Waals surface area contributed by atoms with Gasteiger partial charge < -0.3 is 14.4 Å². The zero-order chi connectivity index (χ0) is 20.3. The number of benzene rings is 2. The molecule has 144 valence electrons. The minimum Gasteiger partial charge on any atom is -0.507 e. The standard InChI is InChI=1S/C21H20IN3O3/c1-13-10-15(14(2)25(13)17-6-4-16(22)5-7-17)12-23-24-21(27)19-9-8-18(28-3)11-20(19)26/h4-12,26H,1-3H3,(H,24,27)/b23-12-. The van der Waals surface area contributed by atoms with Gasteiger partial charge >= 0.3 is 0 Å². The number of amides is 1. The lowest BCUT2D eigenvalue weighted by molar-refractivity contribution is 0.0952. The molecule has 0 unspecified atom stereocenters. The number of aryl methyl sites for hydroxylation is 1. The number of rotatable bonds is 5. The first kappa shape index (κ1) is 19.9. The number of methoxy groups -OCH3 is 1. The molecule has 0 radical (unpaired) electrons. The Bertz CT molecular complexity index is 1040. The highest BCUT2D eigenvalue weighted by molar-refractivity contribution is 14.1. The molecule has 1 aromatic heterocycles. The van der Waals surface area contributed by atoms with Crippen LogP contribution in [0.4, 0.5) is 0 Å². The maximum Gasteiger partial charge on any atom is 0.275 e. The van der Waals surface area contributed by atoms with Crippen molar-refractivity contribution in [2.75, 3.05) is 7.11 Å². The minimum absolute atomic E-state index is 0.127. The van der Waals surface area contributed by atoms with Gasteiger partial charge in [-0.3, -0.25) is 4.79 Å². The Kier molecular flexibility index (Phi) is 6.03. The van der Waals surface area contributed by atoms with E-state index >= 15 is 0 Å². The lowest BCUT2D eigenvalue weighted by Gasteiger charge is -2.09. The Balaban J connectivity index is 1.77. The van der Waals surface area contributed by atoms with E-state index < -0.39 is 5.91 Å². The molecule has 1 amide bonds. The fourth-order valence-electron chi connectivity index (χ4n) is 2.96. The maximum atomic E-state index is 12.2. The van der Waals surface area contributed by atoms with E-state index in [0.717, 1.165) is 22.6 Å². The predicted molar refractivity (Wildman–Crippen MR) is 118 cm³/mol. The minimum atomic E-state index is -0.497. The van der Waals surface area contributed by atoms with E-state index in [-0.39, 0.29) is 11.3 Å². The Morgan fingerprint density at radius 2 is 1.89 bits per heavy atom. The van der Waals surface area contributed by atoms with Crippen LogP contribution in [0.2, 0.25) is 0 Å². The highest BCUT2D eigenvalue weighted by Crippen LogP contribution is 2.23. The van der Waals surface area contributed by atoms with E-state index in [0.29, 0.717) is 5.75 Å². The molecule has 0 atom stereocenters. The van der Waals surface area contributed by atoms with E-state index in [2.05, 4.69) is 62.0 Å². The number of phenolic OH excluding ortho intramolecular Hbond substituents is 1. The van der Waals surface area contributed by atoms with Crippen LogP contribution < -0.4 is 10.2 Å². The van der Waals surface area contributed by atoms with Crippen molar-refractivity contribution in [2.24, 2.45) is 5.10 Å². The molecule has 3 rings (SSSR count). The zero-order valence-electron chi connectivity index (χ0n) is 15.7. The molecule has 0 saturated heterocycles. The van der Waals surface area contributed by atoms with Gasteiger partial charge in [-0.05, 0) is 78.9 Å². The van der Waals surface area contributed by atoms with Gasteiger partial charge in [-0.25, -0.2) is 5.43 Å². The number of halogens is 1. The lowest BCUT2D eigenvalue weighted by Crippen LogP contribution is -2.17. The number of phenols is 1. The largest absolute Gasteiger partial charge is 0.507 e. The second-order valence-corrected chi connectivity index (χ2v) is 7.47. The van der Waals surface area contributed by atoms with Crippen molar-refractivity contribution in [2.45, 2.75) is 13.8 Å². The SMILES string of the molecule is COc1ccc(C(=O)N/N=C\c2cc(C)n(-c3ccc(I)cc3)c2C)c(O)c1. The van der Waals surface area contributed by atoms with Crippen molar-refractivity contribution in [1.29, 1.82) is 0 Å². The first-order chi connectivity index (χ1) is 13.4. The summed E-state index contributed by atoms with van der Waals surface area (Å²) in [4.78, 5) is 12.2. The molecule has 0 spiro atoms. The molecule has 1 heterocycles. The number of carbonyl (C=O) groups excluding carboxylic acids is 1. The summed E-state index contributed by atoms with van der Waals surface area (Å²) in [6.07, 6.45) is 1.60. The van der Waals surface area contributed by atoms with Gasteiger partial charge in [0.15, 0.2) is 0 Å². The highest BCUT2D eigenvalue weighted by Gasteiger charge is 2.12. The Morgan fingerprint density at radius 3 is 2.54 bits per heavy atom. The Hall–Kier alpha value is -2.81. The number of hydrogen-bond acceptors (Lipinski definition) is 4. The van der Waals surface area contributed by atoms with E-state index in [4.69, 9.17) is 4.74 Å². The summed E-state index contributed by atoms with van der Waals surface area (Å²) >= 11 is 2.28. The molecule has 28 heavy (non-hydrogen) atoms. The van der Waals surface area contributed by atoms with Crippen LogP contribution in [-0.2, 0) is 0 Å². The van der Waals surface area contributed by atoms with Crippen molar-refractivity contribution >= 4 is 34.7 Å². The third kappa shape index (κ3) is 4.19. The van der Waals surface area contributed by atoms with Gasteiger partial charge in [-0.2, -0.15) is 5.10 Å². The molecule has 0 saturated carbocycles. The van der Waals surface area contributed by atoms with E-state index in [9.17, 15) is 9.90 Å². The van der Waals surface area contributed by atoms with Crippen molar-refractivity contribution in [3.63, 3.8) is 0 Å². The monoisotopic (exact) mass is 489 g/mol. The Labute approximate surface area is 177 Å². The van der Waals surface area contributed by atoms with Crippen molar-refractivity contribution in [3.05, 3.63) is 74.6 Å². The van der Waals surface area contributed by atoms with E-state index in [1.807, 2.05) is 19.9 Å². The third-order valence-corrected chi connectivity index (χ3v) is 5.09. The molecule has 0 aliphatic carbocycles. The summed E-state index contributed by atoms with van der Waals surface area (Å²) in [7, 11) is 1.49. The van der Waals surface area contributed by atoms with Gasteiger partial charge in [-0.15, -0.1) is 0 Å². The third-order valence-electron chi connectivity index (χ3n) is 4.37. The van der Waals surface area contributed by atoms with Gasteiger partial charge in [0.25, 0.3) is 5.91 Å². The van der Waals surface area contributed by atoms with Crippen LogP contribution in [0.1, 0.15) is 27.3 Å². The summed E-state index contributed by atoms with van der Waals surface area (Å²) in [5.74, 6) is -0.188. The van der Waals surface area contributed by atoms with E-state index in [1.165, 1.54) is 22.8 Å². The molecule has 0 aliphatic rings. The molecule has 3 aromatic rings. The van der Waals surface area contributed by atoms with Gasteiger partial charge in [-0.1, -0.05) is 0 Å². The fourth-order valence-corrected chi connectivity index (χ4v) is 3.32. The molecule has 0 fully saturated rings. The smallest absolute Gasteiger partial charge is 0.275 e. The van der Waals surface area contributed by atoms with Crippen molar-refractivity contribution < 1.29 is 14.6 Å². The number of aromatic nitrogens is 1. The second-order valence-electron chi connectivity index (χ2n) is 6.22. The molecule has 6 nitrogen and oxygen atoms in total. The number of carbonyl (C=O) groups is 1. The number of hydrazone groups is 1. The second kappa shape index (κ2) is 8.47. The van der Waals surface area contributed by atoms with Gasteiger partial charge in [0, 0.05) is 32.3 Å². The Morgan fingerprint density at radius 1 is 1.18 bits per heavy atom. The summed E-state index contributed by atoms with van der Waals surface area (Å²) < 4.78 is 8.32. The molecular weight excluding hydrogens is 469 g/mol. The van der Waals surface area contributed by atoms with Crippen LogP contribution in [0.15, 0.2) is 53.6 Å². The van der Waals surface area contributed by atoms with Crippen LogP contribution in [0.25, 0.3) is 5.69 Å². The highest BCUT2D eigenvalue weighted by atomic mass is 127. The maximum absolute atomic E-state index is 12.2. The van der Waals surface area contributed by atoms with Gasteiger partial charge in [0.05, 0.1) is 18.9 Å². The van der Waals surface area contributed by atoms with Crippen LogP contribution in [0.3, 0.4) is 0 Å². The van der Waals surface area contributed by atoms with Crippen LogP contribution in [0.5, 0.6) is 11.5 Å². The molecule has 0 bridgehead atoms. The molecule has 2 aromatic carbocycles. The average Bonchev–Trinajstić information content (AvgIpc) is 2.96. The normalized spacial score (nSPS) is 11.0. The quantitative estimate of drug-likeness (QED) is 0.321. The number of nitrogens with one attached hydrogen (secondary N) is 1. The summed E-state index contributed by atoms with van der Waals surface area (Å²) in [6.45, 7) is 4.03.